The van der Waals surface area contributed by atoms with Gasteiger partial charge in [-0.3, -0.25) is 9.58 Å². The van der Waals surface area contributed by atoms with Crippen LogP contribution in [0.4, 0.5) is 23.7 Å². The quantitative estimate of drug-likeness (QED) is 0.325. The van der Waals surface area contributed by atoms with Gasteiger partial charge in [-0.15, -0.1) is 10.2 Å². The molecule has 2 fully saturated rings. The number of hydrogen-bond acceptors (Lipinski definition) is 6. The van der Waals surface area contributed by atoms with Crippen LogP contribution in [0.5, 0.6) is 0 Å². The number of likely N-dealkylation sites (tertiary alicyclic amines) is 2. The lowest BCUT2D eigenvalue weighted by Gasteiger charge is -2.54. The van der Waals surface area contributed by atoms with E-state index >= 15 is 4.39 Å². The lowest BCUT2D eigenvalue weighted by Crippen LogP contribution is -2.61. The summed E-state index contributed by atoms with van der Waals surface area (Å²) < 4.78 is 47.8. The van der Waals surface area contributed by atoms with Gasteiger partial charge in [0, 0.05) is 55.4 Å². The van der Waals surface area contributed by atoms with Gasteiger partial charge in [-0.25, -0.2) is 9.18 Å². The van der Waals surface area contributed by atoms with E-state index in [1.165, 1.54) is 12.1 Å². The summed E-state index contributed by atoms with van der Waals surface area (Å²) in [5, 5.41) is 12.1. The molecule has 210 valence electrons. The lowest BCUT2D eigenvalue weighted by molar-refractivity contribution is -0.0357. The molecular formula is C28H30F3N7O2. The van der Waals surface area contributed by atoms with E-state index in [-0.39, 0.29) is 35.0 Å². The number of anilines is 1. The van der Waals surface area contributed by atoms with Crippen molar-refractivity contribution >= 4 is 22.6 Å². The molecule has 1 spiro atoms. The van der Waals surface area contributed by atoms with Crippen molar-refractivity contribution in [3.05, 3.63) is 59.9 Å². The molecule has 9 nitrogen and oxygen atoms in total. The molecule has 2 aromatic heterocycles. The van der Waals surface area contributed by atoms with Gasteiger partial charge in [0.05, 0.1) is 18.3 Å². The topological polar surface area (TPSA) is 83.5 Å². The second-order valence-electron chi connectivity index (χ2n) is 10.7. The molecule has 0 unspecified atom stereocenters. The number of carbonyl (C=O) groups excluding carboxylic acids is 1. The molecule has 0 N–H and O–H groups in total. The minimum atomic E-state index is -2.92. The van der Waals surface area contributed by atoms with Crippen molar-refractivity contribution in [2.75, 3.05) is 37.6 Å². The predicted octanol–water partition coefficient (Wildman–Crippen LogP) is 5.24. The van der Waals surface area contributed by atoms with Gasteiger partial charge in [-0.2, -0.15) is 13.9 Å². The summed E-state index contributed by atoms with van der Waals surface area (Å²) in [7, 11) is 1.83. The predicted molar refractivity (Wildman–Crippen MR) is 142 cm³/mol. The van der Waals surface area contributed by atoms with Crippen molar-refractivity contribution < 1.29 is 22.4 Å². The normalized spacial score (nSPS) is 17.1. The van der Waals surface area contributed by atoms with E-state index in [2.05, 4.69) is 27.1 Å². The first-order chi connectivity index (χ1) is 19.2. The third-order valence-corrected chi connectivity index (χ3v) is 8.19. The van der Waals surface area contributed by atoms with Gasteiger partial charge in [-0.1, -0.05) is 13.0 Å². The molecule has 6 rings (SSSR count). The number of halogens is 3. The van der Waals surface area contributed by atoms with Gasteiger partial charge < -0.3 is 14.2 Å². The molecule has 4 heterocycles. The zero-order valence-corrected chi connectivity index (χ0v) is 22.4. The van der Waals surface area contributed by atoms with Crippen LogP contribution in [0.25, 0.3) is 22.4 Å². The molecule has 2 aromatic carbocycles. The van der Waals surface area contributed by atoms with Gasteiger partial charge in [0.15, 0.2) is 0 Å². The monoisotopic (exact) mass is 553 g/mol. The maximum atomic E-state index is 15.4. The number of nitrogens with zero attached hydrogens (tertiary/aromatic N) is 7. The fourth-order valence-corrected chi connectivity index (χ4v) is 5.77. The average molecular weight is 554 g/mol. The number of fused-ring (bicyclic) bond motifs is 1. The molecule has 0 aliphatic carbocycles. The van der Waals surface area contributed by atoms with Crippen molar-refractivity contribution in [3.8, 4) is 11.5 Å². The fraction of sp³-hybridized carbons (Fsp3) is 0.429. The standard InChI is InChI=1S/C28H30F3N7O2/c1-3-36-16-28(17-36)8-10-37(11-9-28)27(39)38(21-7-6-19-14-32-35(2)23(19)13-21)15-20-5-4-18(12-22(20)29)25-33-34-26(40-25)24(30)31/h4-7,12-14,24H,3,8-11,15-17H2,1-2H3. The lowest BCUT2D eigenvalue weighted by atomic mass is 9.72. The highest BCUT2D eigenvalue weighted by molar-refractivity contribution is 5.94. The Bertz CT molecular complexity index is 1540. The fourth-order valence-electron chi connectivity index (χ4n) is 5.77. The van der Waals surface area contributed by atoms with E-state index in [0.29, 0.717) is 18.8 Å². The number of aromatic nitrogens is 4. The third kappa shape index (κ3) is 4.80. The van der Waals surface area contributed by atoms with Crippen molar-refractivity contribution in [2.24, 2.45) is 12.5 Å². The van der Waals surface area contributed by atoms with Gasteiger partial charge in [-0.05, 0) is 55.1 Å². The summed E-state index contributed by atoms with van der Waals surface area (Å²) in [5.41, 5.74) is 2.21. The number of benzene rings is 2. The van der Waals surface area contributed by atoms with E-state index in [0.717, 1.165) is 49.4 Å². The van der Waals surface area contributed by atoms with Crippen molar-refractivity contribution in [1.29, 1.82) is 0 Å². The van der Waals surface area contributed by atoms with Crippen LogP contribution in [0.15, 0.2) is 47.0 Å². The highest BCUT2D eigenvalue weighted by Gasteiger charge is 2.45. The Hall–Kier alpha value is -3.93. The minimum absolute atomic E-state index is 0.0221. The summed E-state index contributed by atoms with van der Waals surface area (Å²) in [6.07, 6.45) is 0.722. The smallest absolute Gasteiger partial charge is 0.324 e. The largest absolute Gasteiger partial charge is 0.415 e. The van der Waals surface area contributed by atoms with Crippen LogP contribution in [-0.4, -0.2) is 68.5 Å². The first kappa shape index (κ1) is 26.3. The number of piperidine rings is 1. The summed E-state index contributed by atoms with van der Waals surface area (Å²) in [6.45, 7) is 6.62. The number of amides is 2. The van der Waals surface area contributed by atoms with Crippen LogP contribution in [-0.2, 0) is 13.6 Å². The first-order valence-corrected chi connectivity index (χ1v) is 13.4. The number of aryl methyl sites for hydroxylation is 1. The van der Waals surface area contributed by atoms with Gasteiger partial charge in [0.1, 0.15) is 5.82 Å². The molecule has 0 bridgehead atoms. The Morgan fingerprint density at radius 1 is 1.12 bits per heavy atom. The Kier molecular flexibility index (Phi) is 6.73. The van der Waals surface area contributed by atoms with Crippen molar-refractivity contribution in [2.45, 2.75) is 32.7 Å². The molecule has 2 amide bonds. The van der Waals surface area contributed by atoms with E-state index in [4.69, 9.17) is 4.42 Å². The molecule has 2 aliphatic heterocycles. The van der Waals surface area contributed by atoms with E-state index < -0.39 is 18.1 Å². The minimum Gasteiger partial charge on any atom is -0.415 e. The molecule has 0 radical (unpaired) electrons. The Morgan fingerprint density at radius 3 is 2.58 bits per heavy atom. The molecule has 0 atom stereocenters. The number of hydrogen-bond donors (Lipinski definition) is 0. The Labute approximate surface area is 229 Å². The van der Waals surface area contributed by atoms with E-state index in [9.17, 15) is 13.6 Å². The number of carbonyl (C=O) groups is 1. The highest BCUT2D eigenvalue weighted by Crippen LogP contribution is 2.40. The number of rotatable bonds is 6. The number of urea groups is 1. The molecule has 12 heteroatoms. The Balaban J connectivity index is 1.27. The van der Waals surface area contributed by atoms with Gasteiger partial charge >= 0.3 is 12.5 Å². The van der Waals surface area contributed by atoms with Crippen LogP contribution in [0.1, 0.15) is 37.6 Å². The molecule has 2 saturated heterocycles. The van der Waals surface area contributed by atoms with Crippen molar-refractivity contribution in [1.82, 2.24) is 29.8 Å². The maximum Gasteiger partial charge on any atom is 0.324 e. The third-order valence-electron chi connectivity index (χ3n) is 8.19. The zero-order valence-electron chi connectivity index (χ0n) is 22.4. The Morgan fingerprint density at radius 2 is 1.90 bits per heavy atom. The SMILES string of the molecule is CCN1CC2(CCN(C(=O)N(Cc3ccc(-c4nnc(C(F)F)o4)cc3F)c3ccc4cnn(C)c4c3)CC2)C1. The molecular weight excluding hydrogens is 523 g/mol. The molecule has 0 saturated carbocycles. The van der Waals surface area contributed by atoms with E-state index in [1.807, 2.05) is 30.1 Å². The van der Waals surface area contributed by atoms with Crippen LogP contribution in [0, 0.1) is 11.2 Å². The summed E-state index contributed by atoms with van der Waals surface area (Å²) in [6, 6.07) is 9.62. The zero-order chi connectivity index (χ0) is 28.0. The number of alkyl halides is 2. The van der Waals surface area contributed by atoms with Crippen molar-refractivity contribution in [3.63, 3.8) is 0 Å². The highest BCUT2D eigenvalue weighted by atomic mass is 19.3. The van der Waals surface area contributed by atoms with Crippen LogP contribution < -0.4 is 4.90 Å². The summed E-state index contributed by atoms with van der Waals surface area (Å²) in [4.78, 5) is 19.8. The van der Waals surface area contributed by atoms with E-state index in [1.54, 1.807) is 15.8 Å². The molecule has 4 aromatic rings. The second-order valence-corrected chi connectivity index (χ2v) is 10.7. The first-order valence-electron chi connectivity index (χ1n) is 13.4. The molecule has 40 heavy (non-hydrogen) atoms. The summed E-state index contributed by atoms with van der Waals surface area (Å²) >= 11 is 0. The van der Waals surface area contributed by atoms with Gasteiger partial charge in [0.25, 0.3) is 5.89 Å². The summed E-state index contributed by atoms with van der Waals surface area (Å²) in [5.74, 6) is -1.63. The van der Waals surface area contributed by atoms with Crippen LogP contribution >= 0.6 is 0 Å². The maximum absolute atomic E-state index is 15.4. The van der Waals surface area contributed by atoms with Gasteiger partial charge in [0.2, 0.25) is 5.89 Å². The van der Waals surface area contributed by atoms with Crippen LogP contribution in [0.3, 0.4) is 0 Å². The second kappa shape index (κ2) is 10.2. The average Bonchev–Trinajstić information content (AvgIpc) is 3.58. The van der Waals surface area contributed by atoms with Crippen LogP contribution in [0.2, 0.25) is 0 Å². The molecule has 2 aliphatic rings.